The van der Waals surface area contributed by atoms with E-state index in [1.165, 1.54) is 0 Å². The highest BCUT2D eigenvalue weighted by Gasteiger charge is 2.29. The second-order valence-corrected chi connectivity index (χ2v) is 5.20. The molecule has 4 heteroatoms. The number of nitrogens with zero attached hydrogens (tertiary/aromatic N) is 1. The van der Waals surface area contributed by atoms with Crippen LogP contribution in [0.2, 0.25) is 5.02 Å². The van der Waals surface area contributed by atoms with Crippen molar-refractivity contribution in [2.75, 3.05) is 13.2 Å². The molecule has 1 aliphatic rings. The molecule has 3 nitrogen and oxygen atoms in total. The Kier molecular flexibility index (Phi) is 4.25. The molecule has 98 valence electrons. The number of aliphatic hydroxyl groups is 1. The van der Waals surface area contributed by atoms with Gasteiger partial charge in [0.2, 0.25) is 0 Å². The standard InChI is InChI=1S/C14H18ClNO2/c1-10-5-6-11(15)9-13(10)14(18)16(7-8-17)12-3-2-4-12/h5-6,9,12,17H,2-4,7-8H2,1H3. The number of rotatable bonds is 4. The van der Waals surface area contributed by atoms with Crippen LogP contribution in [0.1, 0.15) is 35.2 Å². The van der Waals surface area contributed by atoms with Crippen LogP contribution < -0.4 is 0 Å². The van der Waals surface area contributed by atoms with E-state index >= 15 is 0 Å². The minimum atomic E-state index is -0.0197. The number of benzene rings is 1. The van der Waals surface area contributed by atoms with Gasteiger partial charge in [-0.25, -0.2) is 0 Å². The van der Waals surface area contributed by atoms with Crippen LogP contribution in [0.15, 0.2) is 18.2 Å². The lowest BCUT2D eigenvalue weighted by Gasteiger charge is -2.37. The number of carbonyl (C=O) groups excluding carboxylic acids is 1. The molecule has 2 rings (SSSR count). The first-order valence-corrected chi connectivity index (χ1v) is 6.69. The van der Waals surface area contributed by atoms with E-state index in [4.69, 9.17) is 16.7 Å². The predicted octanol–water partition coefficient (Wildman–Crippen LogP) is 2.64. The first-order valence-electron chi connectivity index (χ1n) is 6.31. The van der Waals surface area contributed by atoms with Crippen molar-refractivity contribution < 1.29 is 9.90 Å². The van der Waals surface area contributed by atoms with Crippen LogP contribution in [-0.4, -0.2) is 35.1 Å². The molecule has 0 radical (unpaired) electrons. The summed E-state index contributed by atoms with van der Waals surface area (Å²) in [5, 5.41) is 9.68. The summed E-state index contributed by atoms with van der Waals surface area (Å²) in [6.45, 7) is 2.30. The number of aliphatic hydroxyl groups excluding tert-OH is 1. The quantitative estimate of drug-likeness (QED) is 0.911. The molecule has 1 fully saturated rings. The number of amides is 1. The third-order valence-electron chi connectivity index (χ3n) is 3.55. The Morgan fingerprint density at radius 1 is 1.50 bits per heavy atom. The van der Waals surface area contributed by atoms with Crippen molar-refractivity contribution in [3.8, 4) is 0 Å². The van der Waals surface area contributed by atoms with Gasteiger partial charge in [-0.1, -0.05) is 17.7 Å². The molecule has 1 aromatic carbocycles. The number of aryl methyl sites for hydroxylation is 1. The zero-order chi connectivity index (χ0) is 13.1. The normalized spacial score (nSPS) is 15.3. The molecule has 0 unspecified atom stereocenters. The van der Waals surface area contributed by atoms with Crippen molar-refractivity contribution in [2.45, 2.75) is 32.2 Å². The van der Waals surface area contributed by atoms with Gasteiger partial charge in [0.15, 0.2) is 0 Å². The van der Waals surface area contributed by atoms with Gasteiger partial charge in [0.1, 0.15) is 0 Å². The molecule has 1 N–H and O–H groups in total. The van der Waals surface area contributed by atoms with Crippen LogP contribution >= 0.6 is 11.6 Å². The maximum atomic E-state index is 12.5. The molecule has 0 aromatic heterocycles. The Morgan fingerprint density at radius 3 is 2.78 bits per heavy atom. The largest absolute Gasteiger partial charge is 0.395 e. The third-order valence-corrected chi connectivity index (χ3v) is 3.78. The molecule has 1 saturated carbocycles. The lowest BCUT2D eigenvalue weighted by atomic mass is 9.90. The minimum Gasteiger partial charge on any atom is -0.395 e. The predicted molar refractivity (Wildman–Crippen MR) is 72.0 cm³/mol. The molecule has 0 saturated heterocycles. The monoisotopic (exact) mass is 267 g/mol. The number of halogens is 1. The van der Waals surface area contributed by atoms with Crippen LogP contribution in [0.3, 0.4) is 0 Å². The molecule has 0 aliphatic heterocycles. The van der Waals surface area contributed by atoms with Crippen LogP contribution in [0.4, 0.5) is 0 Å². The Labute approximate surface area is 112 Å². The van der Waals surface area contributed by atoms with Crippen LogP contribution in [0, 0.1) is 6.92 Å². The second-order valence-electron chi connectivity index (χ2n) is 4.77. The third kappa shape index (κ3) is 2.68. The molecule has 0 atom stereocenters. The van der Waals surface area contributed by atoms with Gasteiger partial charge in [-0.05, 0) is 43.9 Å². The van der Waals surface area contributed by atoms with E-state index in [9.17, 15) is 4.79 Å². The van der Waals surface area contributed by atoms with Gasteiger partial charge in [-0.3, -0.25) is 4.79 Å². The summed E-state index contributed by atoms with van der Waals surface area (Å²) >= 11 is 5.95. The van der Waals surface area contributed by atoms with E-state index in [1.807, 2.05) is 13.0 Å². The SMILES string of the molecule is Cc1ccc(Cl)cc1C(=O)N(CCO)C1CCC1. The Balaban J connectivity index is 2.23. The zero-order valence-corrected chi connectivity index (χ0v) is 11.3. The van der Waals surface area contributed by atoms with E-state index in [1.54, 1.807) is 17.0 Å². The Hall–Kier alpha value is -1.06. The summed E-state index contributed by atoms with van der Waals surface area (Å²) in [5.74, 6) is -0.0197. The van der Waals surface area contributed by atoms with Gasteiger partial charge in [0.05, 0.1) is 6.61 Å². The molecule has 18 heavy (non-hydrogen) atoms. The first kappa shape index (κ1) is 13.4. The number of hydrogen-bond donors (Lipinski definition) is 1. The zero-order valence-electron chi connectivity index (χ0n) is 10.5. The summed E-state index contributed by atoms with van der Waals surface area (Å²) in [5.41, 5.74) is 1.56. The fraction of sp³-hybridized carbons (Fsp3) is 0.500. The molecular weight excluding hydrogens is 250 g/mol. The van der Waals surface area contributed by atoms with Gasteiger partial charge < -0.3 is 10.0 Å². The highest BCUT2D eigenvalue weighted by Crippen LogP contribution is 2.27. The van der Waals surface area contributed by atoms with E-state index in [0.29, 0.717) is 17.1 Å². The second kappa shape index (κ2) is 5.72. The van der Waals surface area contributed by atoms with E-state index in [-0.39, 0.29) is 18.6 Å². The van der Waals surface area contributed by atoms with Crippen molar-refractivity contribution in [3.63, 3.8) is 0 Å². The summed E-state index contributed by atoms with van der Waals surface area (Å²) in [6.07, 6.45) is 3.23. The van der Waals surface area contributed by atoms with Crippen LogP contribution in [-0.2, 0) is 0 Å². The average molecular weight is 268 g/mol. The summed E-state index contributed by atoms with van der Waals surface area (Å²) < 4.78 is 0. The molecule has 0 spiro atoms. The Bertz CT molecular complexity index is 443. The van der Waals surface area contributed by atoms with E-state index in [2.05, 4.69) is 0 Å². The van der Waals surface area contributed by atoms with E-state index in [0.717, 1.165) is 24.8 Å². The van der Waals surface area contributed by atoms with Gasteiger partial charge >= 0.3 is 0 Å². The van der Waals surface area contributed by atoms with E-state index < -0.39 is 0 Å². The number of carbonyl (C=O) groups is 1. The lowest BCUT2D eigenvalue weighted by molar-refractivity contribution is 0.0525. The van der Waals surface area contributed by atoms with Crippen LogP contribution in [0.25, 0.3) is 0 Å². The fourth-order valence-electron chi connectivity index (χ4n) is 2.24. The van der Waals surface area contributed by atoms with Gasteiger partial charge in [0, 0.05) is 23.2 Å². The summed E-state index contributed by atoms with van der Waals surface area (Å²) in [4.78, 5) is 14.3. The van der Waals surface area contributed by atoms with Gasteiger partial charge in [-0.15, -0.1) is 0 Å². The fourth-order valence-corrected chi connectivity index (χ4v) is 2.41. The van der Waals surface area contributed by atoms with Gasteiger partial charge in [0.25, 0.3) is 5.91 Å². The smallest absolute Gasteiger partial charge is 0.254 e. The molecule has 1 aromatic rings. The average Bonchev–Trinajstić information content (AvgIpc) is 2.28. The highest BCUT2D eigenvalue weighted by molar-refractivity contribution is 6.31. The van der Waals surface area contributed by atoms with Gasteiger partial charge in [-0.2, -0.15) is 0 Å². The molecule has 0 heterocycles. The maximum Gasteiger partial charge on any atom is 0.254 e. The lowest BCUT2D eigenvalue weighted by Crippen LogP contribution is -2.45. The van der Waals surface area contributed by atoms with Crippen molar-refractivity contribution >= 4 is 17.5 Å². The Morgan fingerprint density at radius 2 is 2.22 bits per heavy atom. The topological polar surface area (TPSA) is 40.5 Å². The molecule has 1 amide bonds. The van der Waals surface area contributed by atoms with Crippen molar-refractivity contribution in [1.82, 2.24) is 4.90 Å². The molecular formula is C14H18ClNO2. The number of hydrogen-bond acceptors (Lipinski definition) is 2. The minimum absolute atomic E-state index is 0.00184. The van der Waals surface area contributed by atoms with Crippen molar-refractivity contribution in [2.24, 2.45) is 0 Å². The highest BCUT2D eigenvalue weighted by atomic mass is 35.5. The van der Waals surface area contributed by atoms with Crippen LogP contribution in [0.5, 0.6) is 0 Å². The molecule has 1 aliphatic carbocycles. The molecule has 0 bridgehead atoms. The summed E-state index contributed by atoms with van der Waals surface area (Å²) in [7, 11) is 0. The summed E-state index contributed by atoms with van der Waals surface area (Å²) in [6, 6.07) is 5.63. The van der Waals surface area contributed by atoms with Crippen molar-refractivity contribution in [3.05, 3.63) is 34.3 Å². The van der Waals surface area contributed by atoms with Crippen molar-refractivity contribution in [1.29, 1.82) is 0 Å². The first-order chi connectivity index (χ1) is 8.63. The maximum absolute atomic E-state index is 12.5.